The van der Waals surface area contributed by atoms with Crippen molar-refractivity contribution in [3.63, 3.8) is 0 Å². The standard InChI is InChI=1S/C12H16BrFN2O2S/c1-15(19(2,17)18)10-5-6-16(8-10)9-3-4-11(13)12(14)7-9/h3-4,7,10H,5-6,8H2,1-2H3/t10-/m1/s1. The average Bonchev–Trinajstić information content (AvgIpc) is 2.79. The molecule has 1 heterocycles. The monoisotopic (exact) mass is 350 g/mol. The fraction of sp³-hybridized carbons (Fsp3) is 0.500. The first-order valence-corrected chi connectivity index (χ1v) is 8.56. The van der Waals surface area contributed by atoms with Crippen molar-refractivity contribution in [1.29, 1.82) is 0 Å². The van der Waals surface area contributed by atoms with Crippen LogP contribution in [0.5, 0.6) is 0 Å². The minimum atomic E-state index is -3.18. The van der Waals surface area contributed by atoms with Crippen LogP contribution >= 0.6 is 15.9 Å². The van der Waals surface area contributed by atoms with Crippen LogP contribution in [0, 0.1) is 5.82 Å². The molecular weight excluding hydrogens is 335 g/mol. The van der Waals surface area contributed by atoms with E-state index in [1.807, 2.05) is 11.0 Å². The maximum atomic E-state index is 13.5. The lowest BCUT2D eigenvalue weighted by Crippen LogP contribution is -2.38. The van der Waals surface area contributed by atoms with Gasteiger partial charge in [0.25, 0.3) is 0 Å². The molecule has 0 N–H and O–H groups in total. The van der Waals surface area contributed by atoms with Gasteiger partial charge in [0.15, 0.2) is 0 Å². The second kappa shape index (κ2) is 5.38. The molecule has 7 heteroatoms. The van der Waals surface area contributed by atoms with Crippen LogP contribution in [-0.2, 0) is 10.0 Å². The lowest BCUT2D eigenvalue weighted by Gasteiger charge is -2.23. The molecule has 0 amide bonds. The van der Waals surface area contributed by atoms with Gasteiger partial charge in [0.1, 0.15) is 5.82 Å². The van der Waals surface area contributed by atoms with Crippen LogP contribution < -0.4 is 4.90 Å². The molecule has 1 atom stereocenters. The third-order valence-electron chi connectivity index (χ3n) is 3.47. The number of benzene rings is 1. The topological polar surface area (TPSA) is 40.6 Å². The largest absolute Gasteiger partial charge is 0.370 e. The van der Waals surface area contributed by atoms with E-state index >= 15 is 0 Å². The molecule has 0 radical (unpaired) electrons. The van der Waals surface area contributed by atoms with Crippen LogP contribution in [0.4, 0.5) is 10.1 Å². The molecule has 0 saturated carbocycles. The first-order chi connectivity index (χ1) is 8.79. The van der Waals surface area contributed by atoms with Gasteiger partial charge in [-0.15, -0.1) is 0 Å². The van der Waals surface area contributed by atoms with Crippen LogP contribution in [0.1, 0.15) is 6.42 Å². The van der Waals surface area contributed by atoms with Gasteiger partial charge >= 0.3 is 0 Å². The van der Waals surface area contributed by atoms with Gasteiger partial charge in [-0.05, 0) is 40.5 Å². The van der Waals surface area contributed by atoms with Crippen molar-refractivity contribution in [2.45, 2.75) is 12.5 Å². The van der Waals surface area contributed by atoms with Crippen LogP contribution in [0.25, 0.3) is 0 Å². The molecule has 106 valence electrons. The zero-order chi connectivity index (χ0) is 14.2. The van der Waals surface area contributed by atoms with Gasteiger partial charge in [-0.1, -0.05) is 0 Å². The van der Waals surface area contributed by atoms with E-state index in [-0.39, 0.29) is 11.9 Å². The molecule has 0 spiro atoms. The highest BCUT2D eigenvalue weighted by Gasteiger charge is 2.30. The van der Waals surface area contributed by atoms with Crippen LogP contribution in [0.3, 0.4) is 0 Å². The van der Waals surface area contributed by atoms with Crippen molar-refractivity contribution < 1.29 is 12.8 Å². The lowest BCUT2D eigenvalue weighted by atomic mass is 10.3. The van der Waals surface area contributed by atoms with E-state index in [4.69, 9.17) is 0 Å². The third-order valence-corrected chi connectivity index (χ3v) is 5.46. The van der Waals surface area contributed by atoms with Gasteiger partial charge in [0.2, 0.25) is 10.0 Å². The van der Waals surface area contributed by atoms with E-state index in [0.29, 0.717) is 11.0 Å². The number of rotatable bonds is 3. The lowest BCUT2D eigenvalue weighted by molar-refractivity contribution is 0.393. The van der Waals surface area contributed by atoms with E-state index in [1.165, 1.54) is 16.6 Å². The molecule has 1 fully saturated rings. The maximum absolute atomic E-state index is 13.5. The number of nitrogens with zero attached hydrogens (tertiary/aromatic N) is 2. The van der Waals surface area contributed by atoms with E-state index in [1.54, 1.807) is 13.1 Å². The Morgan fingerprint density at radius 1 is 1.47 bits per heavy atom. The fourth-order valence-corrected chi connectivity index (χ4v) is 3.19. The Labute approximate surface area is 121 Å². The Morgan fingerprint density at radius 3 is 2.74 bits per heavy atom. The summed E-state index contributed by atoms with van der Waals surface area (Å²) in [4.78, 5) is 2.00. The zero-order valence-electron chi connectivity index (χ0n) is 10.8. The van der Waals surface area contributed by atoms with Gasteiger partial charge < -0.3 is 4.90 Å². The molecule has 2 rings (SSSR count). The molecule has 1 aromatic carbocycles. The SMILES string of the molecule is CN([C@@H]1CCN(c2ccc(Br)c(F)c2)C1)S(C)(=O)=O. The van der Waals surface area contributed by atoms with Gasteiger partial charge in [-0.25, -0.2) is 17.1 Å². The van der Waals surface area contributed by atoms with Crippen LogP contribution in [0.2, 0.25) is 0 Å². The van der Waals surface area contributed by atoms with Gasteiger partial charge in [-0.3, -0.25) is 0 Å². The second-order valence-electron chi connectivity index (χ2n) is 4.77. The summed E-state index contributed by atoms with van der Waals surface area (Å²) in [5.74, 6) is -0.308. The van der Waals surface area contributed by atoms with Crippen molar-refractivity contribution >= 4 is 31.6 Å². The van der Waals surface area contributed by atoms with E-state index in [9.17, 15) is 12.8 Å². The molecule has 1 saturated heterocycles. The van der Waals surface area contributed by atoms with Gasteiger partial charge in [0, 0.05) is 31.9 Å². The normalized spacial score (nSPS) is 20.3. The number of sulfonamides is 1. The summed E-state index contributed by atoms with van der Waals surface area (Å²) in [6.45, 7) is 1.32. The van der Waals surface area contributed by atoms with Crippen molar-refractivity contribution in [3.05, 3.63) is 28.5 Å². The number of halogens is 2. The summed E-state index contributed by atoms with van der Waals surface area (Å²) < 4.78 is 38.3. The summed E-state index contributed by atoms with van der Waals surface area (Å²) in [6.07, 6.45) is 1.95. The molecule has 1 aliphatic rings. The predicted molar refractivity (Wildman–Crippen MR) is 77.3 cm³/mol. The summed E-state index contributed by atoms with van der Waals surface area (Å²) in [6, 6.07) is 4.91. The summed E-state index contributed by atoms with van der Waals surface area (Å²) in [5.41, 5.74) is 0.783. The minimum absolute atomic E-state index is 0.0540. The highest BCUT2D eigenvalue weighted by atomic mass is 79.9. The quantitative estimate of drug-likeness (QED) is 0.837. The van der Waals surface area contributed by atoms with Crippen LogP contribution in [0.15, 0.2) is 22.7 Å². The van der Waals surface area contributed by atoms with E-state index < -0.39 is 10.0 Å². The summed E-state index contributed by atoms with van der Waals surface area (Å²) in [7, 11) is -1.59. The van der Waals surface area contributed by atoms with Crippen molar-refractivity contribution in [3.8, 4) is 0 Å². The Balaban J connectivity index is 2.12. The molecule has 1 aliphatic heterocycles. The number of hydrogen-bond donors (Lipinski definition) is 0. The Kier molecular flexibility index (Phi) is 4.17. The third kappa shape index (κ3) is 3.27. The predicted octanol–water partition coefficient (Wildman–Crippen LogP) is 2.06. The van der Waals surface area contributed by atoms with Gasteiger partial charge in [-0.2, -0.15) is 0 Å². The first kappa shape index (κ1) is 14.7. The summed E-state index contributed by atoms with van der Waals surface area (Å²) in [5, 5.41) is 0. The first-order valence-electron chi connectivity index (χ1n) is 5.92. The molecular formula is C12H16BrFN2O2S. The van der Waals surface area contributed by atoms with E-state index in [2.05, 4.69) is 15.9 Å². The smallest absolute Gasteiger partial charge is 0.211 e. The maximum Gasteiger partial charge on any atom is 0.211 e. The minimum Gasteiger partial charge on any atom is -0.370 e. The Morgan fingerprint density at radius 2 is 2.16 bits per heavy atom. The van der Waals surface area contributed by atoms with Crippen LogP contribution in [-0.4, -0.2) is 45.2 Å². The molecule has 19 heavy (non-hydrogen) atoms. The van der Waals surface area contributed by atoms with Crippen molar-refractivity contribution in [2.24, 2.45) is 0 Å². The average molecular weight is 351 g/mol. The second-order valence-corrected chi connectivity index (χ2v) is 7.66. The van der Waals surface area contributed by atoms with E-state index in [0.717, 1.165) is 18.7 Å². The molecule has 0 aliphatic carbocycles. The van der Waals surface area contributed by atoms with Crippen molar-refractivity contribution in [1.82, 2.24) is 4.31 Å². The van der Waals surface area contributed by atoms with Crippen molar-refractivity contribution in [2.75, 3.05) is 31.3 Å². The fourth-order valence-electron chi connectivity index (χ4n) is 2.23. The summed E-state index contributed by atoms with van der Waals surface area (Å²) >= 11 is 3.12. The molecule has 0 bridgehead atoms. The number of anilines is 1. The number of hydrogen-bond acceptors (Lipinski definition) is 3. The molecule has 0 unspecified atom stereocenters. The highest BCUT2D eigenvalue weighted by molar-refractivity contribution is 9.10. The molecule has 0 aromatic heterocycles. The molecule has 4 nitrogen and oxygen atoms in total. The molecule has 1 aromatic rings. The number of likely N-dealkylation sites (N-methyl/N-ethyl adjacent to an activating group) is 1. The Bertz CT molecular complexity index is 579. The Hall–Kier alpha value is -0.660. The highest BCUT2D eigenvalue weighted by Crippen LogP contribution is 2.26. The zero-order valence-corrected chi connectivity index (χ0v) is 13.2. The van der Waals surface area contributed by atoms with Gasteiger partial charge in [0.05, 0.1) is 10.7 Å².